The van der Waals surface area contributed by atoms with Crippen molar-refractivity contribution in [3.63, 3.8) is 0 Å². The summed E-state index contributed by atoms with van der Waals surface area (Å²) in [6.45, 7) is 10.5. The molecule has 0 radical (unpaired) electrons. The molecule has 0 N–H and O–H groups in total. The van der Waals surface area contributed by atoms with Gasteiger partial charge in [0.15, 0.2) is 5.60 Å². The highest BCUT2D eigenvalue weighted by Crippen LogP contribution is 2.58. The minimum atomic E-state index is -1.27. The van der Waals surface area contributed by atoms with E-state index in [0.29, 0.717) is 17.1 Å². The molecule has 2 aliphatic rings. The van der Waals surface area contributed by atoms with Gasteiger partial charge in [0.2, 0.25) is 0 Å². The van der Waals surface area contributed by atoms with Crippen LogP contribution in [0.1, 0.15) is 54.9 Å². The van der Waals surface area contributed by atoms with E-state index in [4.69, 9.17) is 23.7 Å². The first-order chi connectivity index (χ1) is 29.0. The molecule has 0 aliphatic carbocycles. The number of aryl methyl sites for hydroxylation is 5. The Kier molecular flexibility index (Phi) is 9.51. The maximum Gasteiger partial charge on any atom is 0.340 e. The third-order valence-electron chi connectivity index (χ3n) is 11.6. The van der Waals surface area contributed by atoms with Gasteiger partial charge in [-0.05, 0) is 142 Å². The summed E-state index contributed by atoms with van der Waals surface area (Å²) in [4.78, 5) is 18.3. The Hall–Kier alpha value is -7.19. The number of fused-ring (bicyclic) bond motifs is 6. The molecule has 0 saturated heterocycles. The zero-order chi connectivity index (χ0) is 41.9. The Labute approximate surface area is 351 Å². The van der Waals surface area contributed by atoms with Gasteiger partial charge >= 0.3 is 5.97 Å². The Balaban J connectivity index is 1.27. The predicted octanol–water partition coefficient (Wildman–Crippen LogP) is 12.8. The number of anilines is 6. The molecular weight excluding hydrogens is 749 g/mol. The van der Waals surface area contributed by atoms with Crippen LogP contribution in [0.3, 0.4) is 0 Å². The van der Waals surface area contributed by atoms with E-state index in [1.54, 1.807) is 21.3 Å². The van der Waals surface area contributed by atoms with Crippen LogP contribution in [0.5, 0.6) is 28.7 Å². The number of rotatable bonds is 9. The average Bonchev–Trinajstić information content (AvgIpc) is 3.54. The van der Waals surface area contributed by atoms with Crippen LogP contribution in [0.4, 0.5) is 34.1 Å². The molecule has 300 valence electrons. The molecule has 0 fully saturated rings. The average molecular weight is 795 g/mol. The number of hydrogen-bond donors (Lipinski definition) is 0. The van der Waals surface area contributed by atoms with Crippen molar-refractivity contribution in [2.45, 2.75) is 40.2 Å². The first-order valence-corrected chi connectivity index (χ1v) is 20.0. The fourth-order valence-electron chi connectivity index (χ4n) is 9.10. The number of nitrogens with zero attached hydrogens (tertiary/aromatic N) is 2. The van der Waals surface area contributed by atoms with Gasteiger partial charge in [-0.25, -0.2) is 4.79 Å². The number of carbonyl (C=O) groups excluding carboxylic acids is 1. The summed E-state index contributed by atoms with van der Waals surface area (Å²) >= 11 is 0. The summed E-state index contributed by atoms with van der Waals surface area (Å²) in [5.74, 6) is 2.99. The second-order valence-electron chi connectivity index (χ2n) is 15.5. The van der Waals surface area contributed by atoms with Gasteiger partial charge in [0, 0.05) is 45.9 Å². The van der Waals surface area contributed by atoms with Gasteiger partial charge in [-0.1, -0.05) is 42.0 Å². The van der Waals surface area contributed by atoms with Crippen LogP contribution < -0.4 is 28.7 Å². The summed E-state index contributed by atoms with van der Waals surface area (Å²) < 4.78 is 30.8. The van der Waals surface area contributed by atoms with Crippen molar-refractivity contribution in [3.05, 3.63) is 184 Å². The minimum Gasteiger partial charge on any atom is -0.497 e. The standard InChI is InChI=1S/C52H46N2O6/c1-31-25-33(3)49(34(4)26-31)53(36-13-19-40(56-6)20-14-36)38-17-23-44-46(29-38)59-47-30-39(18-24-45(47)52(44)43-12-10-9-11-42(43)51(55)60-52)54(37-15-21-41(57-7)22-16-37)50-35(5)27-32(2)28-48(50)58-8/h9-30H,1-8H3. The van der Waals surface area contributed by atoms with E-state index in [1.165, 1.54) is 5.56 Å². The molecule has 8 heteroatoms. The van der Waals surface area contributed by atoms with Crippen LogP contribution in [-0.2, 0) is 10.3 Å². The van der Waals surface area contributed by atoms with Crippen molar-refractivity contribution in [1.29, 1.82) is 0 Å². The number of methoxy groups -OCH3 is 3. The number of benzene rings is 7. The van der Waals surface area contributed by atoms with E-state index in [1.807, 2.05) is 84.9 Å². The molecule has 2 aliphatic heterocycles. The van der Waals surface area contributed by atoms with E-state index in [0.717, 1.165) is 90.3 Å². The maximum atomic E-state index is 13.9. The maximum absolute atomic E-state index is 13.9. The van der Waals surface area contributed by atoms with Gasteiger partial charge in [0.25, 0.3) is 0 Å². The number of hydrogen-bond acceptors (Lipinski definition) is 8. The van der Waals surface area contributed by atoms with Gasteiger partial charge < -0.3 is 33.5 Å². The molecule has 0 bridgehead atoms. The lowest BCUT2D eigenvalue weighted by Crippen LogP contribution is -2.33. The third kappa shape index (κ3) is 6.18. The highest BCUT2D eigenvalue weighted by molar-refractivity contribution is 5.97. The molecule has 0 saturated carbocycles. The van der Waals surface area contributed by atoms with Crippen LogP contribution >= 0.6 is 0 Å². The Morgan fingerprint density at radius 1 is 0.483 bits per heavy atom. The molecule has 9 rings (SSSR count). The smallest absolute Gasteiger partial charge is 0.340 e. The minimum absolute atomic E-state index is 0.386. The van der Waals surface area contributed by atoms with E-state index >= 15 is 0 Å². The van der Waals surface area contributed by atoms with Gasteiger partial charge in [0.1, 0.15) is 28.7 Å². The lowest BCUT2D eigenvalue weighted by molar-refractivity contribution is 0.0224. The molecule has 0 aromatic heterocycles. The highest BCUT2D eigenvalue weighted by atomic mass is 16.6. The van der Waals surface area contributed by atoms with Gasteiger partial charge in [-0.3, -0.25) is 0 Å². The lowest BCUT2D eigenvalue weighted by atomic mass is 9.77. The summed E-state index contributed by atoms with van der Waals surface area (Å²) in [6, 6.07) is 44.5. The number of ether oxygens (including phenoxy) is 5. The predicted molar refractivity (Wildman–Crippen MR) is 237 cm³/mol. The fourth-order valence-corrected chi connectivity index (χ4v) is 9.10. The van der Waals surface area contributed by atoms with E-state index < -0.39 is 5.60 Å². The molecule has 7 aromatic rings. The van der Waals surface area contributed by atoms with Crippen molar-refractivity contribution in [2.75, 3.05) is 31.1 Å². The van der Waals surface area contributed by atoms with Crippen LogP contribution in [0.15, 0.2) is 133 Å². The van der Waals surface area contributed by atoms with Crippen molar-refractivity contribution in [2.24, 2.45) is 0 Å². The van der Waals surface area contributed by atoms with E-state index in [-0.39, 0.29) is 5.97 Å². The zero-order valence-electron chi connectivity index (χ0n) is 35.0. The van der Waals surface area contributed by atoms with Crippen LogP contribution in [0.2, 0.25) is 0 Å². The van der Waals surface area contributed by atoms with Crippen molar-refractivity contribution >= 4 is 40.1 Å². The summed E-state index contributed by atoms with van der Waals surface area (Å²) in [5, 5.41) is 0. The first-order valence-electron chi connectivity index (χ1n) is 20.0. The first kappa shape index (κ1) is 38.3. The SMILES string of the molecule is COc1ccc(N(c2ccc3c(c2)Oc2cc(N(c4ccc(OC)cc4)c4c(C)cc(C)cc4OC)ccc2C32OC(=O)c3ccccc32)c2c(C)cc(C)cc2C)cc1. The Morgan fingerprint density at radius 2 is 0.950 bits per heavy atom. The Morgan fingerprint density at radius 3 is 1.47 bits per heavy atom. The quantitative estimate of drug-likeness (QED) is 0.134. The van der Waals surface area contributed by atoms with Crippen LogP contribution in [-0.4, -0.2) is 27.3 Å². The molecule has 0 amide bonds. The second kappa shape index (κ2) is 14.9. The summed E-state index contributed by atoms with van der Waals surface area (Å²) in [7, 11) is 5.02. The molecule has 1 unspecified atom stereocenters. The van der Waals surface area contributed by atoms with E-state index in [9.17, 15) is 4.79 Å². The molecule has 1 atom stereocenters. The Bertz CT molecular complexity index is 2790. The van der Waals surface area contributed by atoms with E-state index in [2.05, 4.69) is 92.9 Å². The van der Waals surface area contributed by atoms with Gasteiger partial charge in [-0.15, -0.1) is 0 Å². The fraction of sp³-hybridized carbons (Fsp3) is 0.173. The third-order valence-corrected chi connectivity index (χ3v) is 11.6. The van der Waals surface area contributed by atoms with Gasteiger partial charge in [-0.2, -0.15) is 0 Å². The normalized spacial score (nSPS) is 14.7. The summed E-state index contributed by atoms with van der Waals surface area (Å²) in [5.41, 5.74) is 12.6. The molecule has 2 heterocycles. The molecular formula is C52H46N2O6. The molecule has 60 heavy (non-hydrogen) atoms. The lowest BCUT2D eigenvalue weighted by Gasteiger charge is -2.38. The zero-order valence-corrected chi connectivity index (χ0v) is 35.0. The van der Waals surface area contributed by atoms with Crippen molar-refractivity contribution in [1.82, 2.24) is 0 Å². The number of esters is 1. The largest absolute Gasteiger partial charge is 0.497 e. The van der Waals surface area contributed by atoms with Crippen molar-refractivity contribution in [3.8, 4) is 28.7 Å². The highest BCUT2D eigenvalue weighted by Gasteiger charge is 2.53. The second-order valence-corrected chi connectivity index (χ2v) is 15.5. The van der Waals surface area contributed by atoms with Crippen LogP contribution in [0.25, 0.3) is 0 Å². The monoisotopic (exact) mass is 794 g/mol. The number of carbonyl (C=O) groups is 1. The molecule has 8 nitrogen and oxygen atoms in total. The van der Waals surface area contributed by atoms with Crippen LogP contribution in [0, 0.1) is 34.6 Å². The van der Waals surface area contributed by atoms with Gasteiger partial charge in [0.05, 0.1) is 44.0 Å². The molecule has 1 spiro atoms. The molecule has 7 aromatic carbocycles. The summed E-state index contributed by atoms with van der Waals surface area (Å²) in [6.07, 6.45) is 0. The van der Waals surface area contributed by atoms with Crippen molar-refractivity contribution < 1.29 is 28.5 Å². The topological polar surface area (TPSA) is 69.7 Å².